The minimum Gasteiger partial charge on any atom is -0.434 e. The fraction of sp³-hybridized carbons (Fsp3) is 0.0909. The molecule has 1 aromatic heterocycles. The number of ether oxygens (including phenoxy) is 1. The van der Waals surface area contributed by atoms with Crippen LogP contribution in [0.4, 0.5) is 10.1 Å². The lowest BCUT2D eigenvalue weighted by molar-refractivity contribution is 0.426. The summed E-state index contributed by atoms with van der Waals surface area (Å²) in [5.74, 6) is -0.373. The second kappa shape index (κ2) is 4.55. The third kappa shape index (κ3) is 2.29. The number of hydrogen-bond donors (Lipinski definition) is 1. The van der Waals surface area contributed by atoms with E-state index in [2.05, 4.69) is 9.97 Å². The maximum Gasteiger partial charge on any atom is 0.247 e. The first kappa shape index (κ1) is 11.6. The summed E-state index contributed by atoms with van der Waals surface area (Å²) in [4.78, 5) is 7.47. The van der Waals surface area contributed by atoms with Gasteiger partial charge < -0.3 is 10.5 Å². The average Bonchev–Trinajstić information content (AvgIpc) is 2.31. The molecule has 0 bridgehead atoms. The van der Waals surface area contributed by atoms with E-state index in [-0.39, 0.29) is 22.5 Å². The van der Waals surface area contributed by atoms with Crippen LogP contribution in [0.1, 0.15) is 5.56 Å². The van der Waals surface area contributed by atoms with Gasteiger partial charge in [0.1, 0.15) is 12.0 Å². The quantitative estimate of drug-likeness (QED) is 0.836. The SMILES string of the molecule is Cc1cccc(Oc2ncnc(Cl)c2N)c1F. The van der Waals surface area contributed by atoms with Gasteiger partial charge in [-0.2, -0.15) is 4.98 Å². The number of aromatic nitrogens is 2. The van der Waals surface area contributed by atoms with Crippen molar-refractivity contribution in [1.82, 2.24) is 9.97 Å². The number of rotatable bonds is 2. The maximum absolute atomic E-state index is 13.7. The van der Waals surface area contributed by atoms with E-state index in [9.17, 15) is 4.39 Å². The maximum atomic E-state index is 13.7. The van der Waals surface area contributed by atoms with Gasteiger partial charge in [0.15, 0.2) is 16.7 Å². The number of nitrogen functional groups attached to an aromatic ring is 1. The van der Waals surface area contributed by atoms with Crippen LogP contribution in [0.2, 0.25) is 5.15 Å². The monoisotopic (exact) mass is 253 g/mol. The van der Waals surface area contributed by atoms with Crippen molar-refractivity contribution in [2.24, 2.45) is 0 Å². The molecule has 0 fully saturated rings. The fourth-order valence-corrected chi connectivity index (χ4v) is 1.37. The van der Waals surface area contributed by atoms with E-state index in [4.69, 9.17) is 22.1 Å². The Hall–Kier alpha value is -1.88. The van der Waals surface area contributed by atoms with E-state index < -0.39 is 5.82 Å². The lowest BCUT2D eigenvalue weighted by Gasteiger charge is -2.09. The van der Waals surface area contributed by atoms with E-state index in [0.29, 0.717) is 5.56 Å². The first-order valence-corrected chi connectivity index (χ1v) is 5.16. The first-order valence-electron chi connectivity index (χ1n) is 4.78. The Balaban J connectivity index is 2.38. The standard InChI is InChI=1S/C11H9ClFN3O/c1-6-3-2-4-7(8(6)13)17-11-9(14)10(12)15-5-16-11/h2-5H,14H2,1H3. The van der Waals surface area contributed by atoms with E-state index >= 15 is 0 Å². The van der Waals surface area contributed by atoms with Crippen molar-refractivity contribution in [1.29, 1.82) is 0 Å². The summed E-state index contributed by atoms with van der Waals surface area (Å²) >= 11 is 5.70. The molecule has 0 amide bonds. The predicted molar refractivity (Wildman–Crippen MR) is 62.7 cm³/mol. The highest BCUT2D eigenvalue weighted by Crippen LogP contribution is 2.30. The zero-order valence-corrected chi connectivity index (χ0v) is 9.70. The van der Waals surface area contributed by atoms with Crippen molar-refractivity contribution in [2.45, 2.75) is 6.92 Å². The van der Waals surface area contributed by atoms with Gasteiger partial charge in [0, 0.05) is 0 Å². The van der Waals surface area contributed by atoms with Crippen LogP contribution in [-0.2, 0) is 0 Å². The molecule has 0 radical (unpaired) electrons. The lowest BCUT2D eigenvalue weighted by Crippen LogP contribution is -1.99. The minimum absolute atomic E-state index is 0.0366. The molecule has 2 rings (SSSR count). The molecule has 6 heteroatoms. The Kier molecular flexibility index (Phi) is 3.10. The highest BCUT2D eigenvalue weighted by molar-refractivity contribution is 6.32. The van der Waals surface area contributed by atoms with Crippen LogP contribution in [0, 0.1) is 12.7 Å². The third-order valence-electron chi connectivity index (χ3n) is 2.16. The predicted octanol–water partition coefficient (Wildman–Crippen LogP) is 2.95. The van der Waals surface area contributed by atoms with Gasteiger partial charge in [0.25, 0.3) is 0 Å². The van der Waals surface area contributed by atoms with Gasteiger partial charge in [-0.15, -0.1) is 0 Å². The van der Waals surface area contributed by atoms with Crippen LogP contribution in [0.25, 0.3) is 0 Å². The molecule has 2 N–H and O–H groups in total. The molecule has 1 heterocycles. The van der Waals surface area contributed by atoms with E-state index in [1.165, 1.54) is 12.4 Å². The molecule has 1 aromatic carbocycles. The highest BCUT2D eigenvalue weighted by atomic mass is 35.5. The molecular weight excluding hydrogens is 245 g/mol. The summed E-state index contributed by atoms with van der Waals surface area (Å²) < 4.78 is 18.9. The van der Waals surface area contributed by atoms with Crippen molar-refractivity contribution in [2.75, 3.05) is 5.73 Å². The summed E-state index contributed by atoms with van der Waals surface area (Å²) in [6.07, 6.45) is 1.20. The Bertz CT molecular complexity index is 513. The average molecular weight is 254 g/mol. The van der Waals surface area contributed by atoms with Crippen molar-refractivity contribution in [3.8, 4) is 11.6 Å². The number of nitrogens with two attached hydrogens (primary N) is 1. The third-order valence-corrected chi connectivity index (χ3v) is 2.46. The molecule has 0 aliphatic rings. The molecule has 0 atom stereocenters. The van der Waals surface area contributed by atoms with Crippen LogP contribution in [0.5, 0.6) is 11.6 Å². The van der Waals surface area contributed by atoms with E-state index in [1.807, 2.05) is 0 Å². The second-order valence-corrected chi connectivity index (χ2v) is 3.73. The van der Waals surface area contributed by atoms with Gasteiger partial charge in [-0.05, 0) is 18.6 Å². The molecule has 88 valence electrons. The summed E-state index contributed by atoms with van der Waals surface area (Å²) in [5, 5.41) is 0.0723. The molecule has 0 aliphatic carbocycles. The van der Waals surface area contributed by atoms with Crippen LogP contribution >= 0.6 is 11.6 Å². The zero-order valence-electron chi connectivity index (χ0n) is 8.95. The number of benzene rings is 1. The van der Waals surface area contributed by atoms with E-state index in [0.717, 1.165) is 0 Å². The smallest absolute Gasteiger partial charge is 0.247 e. The summed E-state index contributed by atoms with van der Waals surface area (Å²) in [5.41, 5.74) is 6.17. The van der Waals surface area contributed by atoms with Gasteiger partial charge in [-0.1, -0.05) is 23.7 Å². The van der Waals surface area contributed by atoms with Crippen molar-refractivity contribution < 1.29 is 9.13 Å². The number of hydrogen-bond acceptors (Lipinski definition) is 4. The number of halogens is 2. The molecule has 0 spiro atoms. The molecule has 4 nitrogen and oxygen atoms in total. The Morgan fingerprint density at radius 1 is 1.35 bits per heavy atom. The van der Waals surface area contributed by atoms with Crippen LogP contribution in [-0.4, -0.2) is 9.97 Å². The fourth-order valence-electron chi connectivity index (χ4n) is 1.24. The Morgan fingerprint density at radius 2 is 2.12 bits per heavy atom. The molecule has 0 saturated carbocycles. The van der Waals surface area contributed by atoms with Gasteiger partial charge in [-0.25, -0.2) is 9.37 Å². The second-order valence-electron chi connectivity index (χ2n) is 3.37. The summed E-state index contributed by atoms with van der Waals surface area (Å²) in [6, 6.07) is 4.79. The Morgan fingerprint density at radius 3 is 2.88 bits per heavy atom. The van der Waals surface area contributed by atoms with Crippen LogP contribution < -0.4 is 10.5 Å². The van der Waals surface area contributed by atoms with Crippen molar-refractivity contribution in [3.05, 3.63) is 41.1 Å². The number of anilines is 1. The summed E-state index contributed by atoms with van der Waals surface area (Å²) in [7, 11) is 0. The number of aryl methyl sites for hydroxylation is 1. The summed E-state index contributed by atoms with van der Waals surface area (Å²) in [6.45, 7) is 1.64. The molecule has 0 saturated heterocycles. The lowest BCUT2D eigenvalue weighted by atomic mass is 10.2. The largest absolute Gasteiger partial charge is 0.434 e. The minimum atomic E-state index is -0.457. The molecular formula is C11H9ClFN3O. The van der Waals surface area contributed by atoms with Crippen LogP contribution in [0.3, 0.4) is 0 Å². The van der Waals surface area contributed by atoms with Gasteiger partial charge >= 0.3 is 0 Å². The van der Waals surface area contributed by atoms with Gasteiger partial charge in [0.2, 0.25) is 5.88 Å². The van der Waals surface area contributed by atoms with Gasteiger partial charge in [0.05, 0.1) is 0 Å². The molecule has 0 unspecified atom stereocenters. The zero-order chi connectivity index (χ0) is 12.4. The highest BCUT2D eigenvalue weighted by Gasteiger charge is 2.12. The molecule has 2 aromatic rings. The molecule has 17 heavy (non-hydrogen) atoms. The topological polar surface area (TPSA) is 61.0 Å². The normalized spacial score (nSPS) is 10.3. The van der Waals surface area contributed by atoms with Crippen molar-refractivity contribution >= 4 is 17.3 Å². The first-order chi connectivity index (χ1) is 8.09. The van der Waals surface area contributed by atoms with Gasteiger partial charge in [-0.3, -0.25) is 0 Å². The number of nitrogens with zero attached hydrogens (tertiary/aromatic N) is 2. The van der Waals surface area contributed by atoms with Crippen LogP contribution in [0.15, 0.2) is 24.5 Å². The Labute approximate surface area is 102 Å². The van der Waals surface area contributed by atoms with E-state index in [1.54, 1.807) is 19.1 Å². The van der Waals surface area contributed by atoms with Crippen molar-refractivity contribution in [3.63, 3.8) is 0 Å². The molecule has 0 aliphatic heterocycles.